The monoisotopic (exact) mass is 297 g/mol. The Balaban J connectivity index is 2.49. The van der Waals surface area contributed by atoms with E-state index in [0.29, 0.717) is 0 Å². The number of fused-ring (bicyclic) bond motifs is 2. The molecule has 2 aliphatic rings. The first-order valence-corrected chi connectivity index (χ1v) is 16.8. The molecule has 4 heteroatoms. The fraction of sp³-hybridized carbons (Fsp3) is 1.00. The van der Waals surface area contributed by atoms with Gasteiger partial charge in [0.25, 0.3) is 0 Å². The molecule has 2 bridgehead atoms. The second-order valence-corrected chi connectivity index (χ2v) is 23.8. The van der Waals surface area contributed by atoms with Crippen molar-refractivity contribution >= 4 is 22.2 Å². The normalized spacial score (nSPS) is 45.3. The number of rotatable bonds is 1. The summed E-state index contributed by atoms with van der Waals surface area (Å²) in [6.45, 7) is 21.0. The third-order valence-electron chi connectivity index (χ3n) is 5.61. The van der Waals surface area contributed by atoms with Crippen LogP contribution < -0.4 is 0 Å². The van der Waals surface area contributed by atoms with Gasteiger partial charge in [-0.2, -0.15) is 0 Å². The Morgan fingerprint density at radius 1 is 0.941 bits per heavy atom. The Bertz CT molecular complexity index is 319. The van der Waals surface area contributed by atoms with E-state index >= 15 is 0 Å². The van der Waals surface area contributed by atoms with Crippen molar-refractivity contribution in [1.82, 2.24) is 4.21 Å². The predicted molar refractivity (Wildman–Crippen MR) is 94.2 cm³/mol. The summed E-state index contributed by atoms with van der Waals surface area (Å²) in [6, 6.07) is 0. The molecule has 1 saturated heterocycles. The molecule has 1 aliphatic carbocycles. The minimum atomic E-state index is -1.18. The fourth-order valence-corrected chi connectivity index (χ4v) is 32.6. The molecular weight excluding hydrogens is 263 g/mol. The van der Waals surface area contributed by atoms with Crippen LogP contribution in [0.3, 0.4) is 0 Å². The summed E-state index contributed by atoms with van der Waals surface area (Å²) in [5.74, 6) is 1.01. The summed E-state index contributed by atoms with van der Waals surface area (Å²) in [5, 5.41) is 0. The van der Waals surface area contributed by atoms with E-state index < -0.39 is 22.2 Å². The van der Waals surface area contributed by atoms with Crippen LogP contribution in [-0.2, 0) is 0 Å². The van der Waals surface area contributed by atoms with Crippen molar-refractivity contribution in [2.45, 2.75) is 31.1 Å². The first-order chi connectivity index (χ1) is 7.49. The van der Waals surface area contributed by atoms with Crippen LogP contribution in [0, 0.1) is 5.92 Å². The number of nitrogens with zero attached hydrogens (tertiary/aromatic N) is 1. The molecule has 0 aromatic heterocycles. The van der Waals surface area contributed by atoms with Crippen molar-refractivity contribution in [1.29, 1.82) is 0 Å². The topological polar surface area (TPSA) is 3.24 Å². The molecule has 2 fully saturated rings. The van der Waals surface area contributed by atoms with Gasteiger partial charge in [-0.05, 0) is 0 Å². The quantitative estimate of drug-likeness (QED) is 0.664. The molecule has 17 heavy (non-hydrogen) atoms. The zero-order chi connectivity index (χ0) is 13.2. The summed E-state index contributed by atoms with van der Waals surface area (Å²) in [7, 11) is -3.49. The van der Waals surface area contributed by atoms with Gasteiger partial charge in [0, 0.05) is 0 Å². The van der Waals surface area contributed by atoms with E-state index in [0.717, 1.165) is 17.2 Å². The Hall–Kier alpha value is 1.25. The summed E-state index contributed by atoms with van der Waals surface area (Å²) >= 11 is 0. The van der Waals surface area contributed by atoms with Crippen molar-refractivity contribution in [3.8, 4) is 0 Å². The Labute approximate surface area is 110 Å². The number of hydrogen-bond donors (Lipinski definition) is 0. The van der Waals surface area contributed by atoms with Crippen LogP contribution in [-0.4, -0.2) is 62.2 Å². The zero-order valence-electron chi connectivity index (χ0n) is 13.1. The molecule has 1 heterocycles. The summed E-state index contributed by atoms with van der Waals surface area (Å²) in [4.78, 5) is 0. The number of hydrogen-bond acceptors (Lipinski definition) is 1. The van der Waals surface area contributed by atoms with Crippen molar-refractivity contribution in [2.75, 3.05) is 46.7 Å². The van der Waals surface area contributed by atoms with Gasteiger partial charge in [0.1, 0.15) is 0 Å². The van der Waals surface area contributed by atoms with Gasteiger partial charge < -0.3 is 0 Å². The molecule has 2 rings (SSSR count). The van der Waals surface area contributed by atoms with Crippen LogP contribution in [0.2, 0.25) is 0 Å². The third kappa shape index (κ3) is 2.14. The minimum absolute atomic E-state index is 1.01. The molecule has 106 valence electrons. The molecule has 1 saturated carbocycles. The average molecular weight is 297 g/mol. The van der Waals surface area contributed by atoms with E-state index in [-0.39, 0.29) is 0 Å². The standard InChI is InChI=1S/C13H34NP3/c1-11-9-12-10-13(11)17(7,8)14(15(2,3)4)16(12,5)6/h11-13,15-17H,9-10H2,1-8H3. The van der Waals surface area contributed by atoms with Gasteiger partial charge in [-0.1, -0.05) is 0 Å². The Kier molecular flexibility index (Phi) is 3.55. The second-order valence-electron chi connectivity index (χ2n) is 8.57. The zero-order valence-corrected chi connectivity index (χ0v) is 16.1. The second kappa shape index (κ2) is 4.12. The molecule has 1 aliphatic heterocycles. The predicted octanol–water partition coefficient (Wildman–Crippen LogP) is 3.87. The first kappa shape index (κ1) is 14.7. The summed E-state index contributed by atoms with van der Waals surface area (Å²) < 4.78 is 3.23. The summed E-state index contributed by atoms with van der Waals surface area (Å²) in [5.41, 5.74) is 2.18. The van der Waals surface area contributed by atoms with Crippen molar-refractivity contribution < 1.29 is 0 Å². The Morgan fingerprint density at radius 2 is 1.47 bits per heavy atom. The van der Waals surface area contributed by atoms with E-state index in [1.54, 1.807) is 12.8 Å². The maximum atomic E-state index is 3.23. The van der Waals surface area contributed by atoms with Crippen LogP contribution in [0.15, 0.2) is 0 Å². The molecule has 0 aromatic carbocycles. The molecule has 0 aromatic rings. The van der Waals surface area contributed by atoms with Crippen LogP contribution >= 0.6 is 22.2 Å². The molecule has 0 spiro atoms. The molecule has 0 N–H and O–H groups in total. The summed E-state index contributed by atoms with van der Waals surface area (Å²) in [6.07, 6.45) is 3.13. The first-order valence-electron chi connectivity index (χ1n) is 7.29. The Morgan fingerprint density at radius 3 is 1.94 bits per heavy atom. The SMILES string of the molecule is CC1CC2CC1[PH](C)(C)N([PH](C)(C)C)[PH]2(C)C. The van der Waals surface area contributed by atoms with E-state index in [9.17, 15) is 0 Å². The maximum absolute atomic E-state index is 3.23. The van der Waals surface area contributed by atoms with Crippen LogP contribution in [0.1, 0.15) is 19.8 Å². The van der Waals surface area contributed by atoms with Gasteiger partial charge in [-0.25, -0.2) is 0 Å². The van der Waals surface area contributed by atoms with Gasteiger partial charge in [0.2, 0.25) is 0 Å². The van der Waals surface area contributed by atoms with Crippen LogP contribution in [0.25, 0.3) is 0 Å². The average Bonchev–Trinajstić information content (AvgIpc) is 2.40. The molecule has 0 amide bonds. The fourth-order valence-electron chi connectivity index (χ4n) is 5.63. The molecule has 1 nitrogen and oxygen atoms in total. The van der Waals surface area contributed by atoms with E-state index in [1.807, 2.05) is 0 Å². The van der Waals surface area contributed by atoms with Crippen LogP contribution in [0.5, 0.6) is 0 Å². The molecule has 0 radical (unpaired) electrons. The van der Waals surface area contributed by atoms with Crippen molar-refractivity contribution in [3.05, 3.63) is 0 Å². The van der Waals surface area contributed by atoms with Gasteiger partial charge in [0.15, 0.2) is 0 Å². The van der Waals surface area contributed by atoms with Gasteiger partial charge >= 0.3 is 110 Å². The third-order valence-corrected chi connectivity index (χ3v) is 25.3. The van der Waals surface area contributed by atoms with Gasteiger partial charge in [-0.3, -0.25) is 0 Å². The van der Waals surface area contributed by atoms with E-state index in [1.165, 1.54) is 0 Å². The molecule has 3 atom stereocenters. The van der Waals surface area contributed by atoms with Crippen molar-refractivity contribution in [2.24, 2.45) is 5.92 Å². The molecular formula is C13H34NP3. The van der Waals surface area contributed by atoms with E-state index in [4.69, 9.17) is 0 Å². The van der Waals surface area contributed by atoms with Gasteiger partial charge in [0.05, 0.1) is 0 Å². The van der Waals surface area contributed by atoms with E-state index in [2.05, 4.69) is 57.8 Å². The van der Waals surface area contributed by atoms with Crippen molar-refractivity contribution in [3.63, 3.8) is 0 Å². The molecule has 3 unspecified atom stereocenters. The van der Waals surface area contributed by atoms with Crippen LogP contribution in [0.4, 0.5) is 0 Å². The van der Waals surface area contributed by atoms with Gasteiger partial charge in [-0.15, -0.1) is 0 Å².